The number of amides is 1. The van der Waals surface area contributed by atoms with Gasteiger partial charge in [-0.1, -0.05) is 31.2 Å². The van der Waals surface area contributed by atoms with Gasteiger partial charge >= 0.3 is 17.9 Å². The van der Waals surface area contributed by atoms with E-state index < -0.39 is 36.5 Å². The van der Waals surface area contributed by atoms with Crippen LogP contribution in [0.4, 0.5) is 5.82 Å². The summed E-state index contributed by atoms with van der Waals surface area (Å²) in [6.07, 6.45) is 4.21. The van der Waals surface area contributed by atoms with Crippen LogP contribution in [0, 0.1) is 11.8 Å². The van der Waals surface area contributed by atoms with Crippen molar-refractivity contribution in [3.63, 3.8) is 0 Å². The first-order valence-electron chi connectivity index (χ1n) is 14.8. The lowest BCUT2D eigenvalue weighted by atomic mass is 9.87. The molecule has 0 aliphatic carbocycles. The van der Waals surface area contributed by atoms with Crippen molar-refractivity contribution in [1.29, 1.82) is 0 Å². The highest BCUT2D eigenvalue weighted by Gasteiger charge is 2.51. The van der Waals surface area contributed by atoms with Gasteiger partial charge in [0.2, 0.25) is 0 Å². The van der Waals surface area contributed by atoms with Crippen LogP contribution in [0.15, 0.2) is 55.6 Å². The summed E-state index contributed by atoms with van der Waals surface area (Å²) in [7, 11) is 1.37. The Morgan fingerprint density at radius 3 is 2.40 bits per heavy atom. The average Bonchev–Trinajstić information content (AvgIpc) is 3.59. The monoisotopic (exact) mass is 621 g/mol. The number of esters is 3. The van der Waals surface area contributed by atoms with Gasteiger partial charge in [-0.05, 0) is 50.2 Å². The summed E-state index contributed by atoms with van der Waals surface area (Å²) < 4.78 is 24.4. The number of nitrogens with zero attached hydrogens (tertiary/aromatic N) is 4. The lowest BCUT2D eigenvalue weighted by Gasteiger charge is -2.26. The molecule has 1 aliphatic rings. The predicted octanol–water partition coefficient (Wildman–Crippen LogP) is 4.40. The van der Waals surface area contributed by atoms with Gasteiger partial charge < -0.3 is 24.3 Å². The summed E-state index contributed by atoms with van der Waals surface area (Å²) in [5.74, 6) is -1.83. The molecular weight excluding hydrogens is 582 g/mol. The summed E-state index contributed by atoms with van der Waals surface area (Å²) in [5.41, 5.74) is 1.05. The number of rotatable bonds is 14. The summed E-state index contributed by atoms with van der Waals surface area (Å²) in [6, 6.07) is 8.67. The number of carbonyl (C=O) groups excluding carboxylic acids is 4. The number of ether oxygens (including phenoxy) is 4. The first-order valence-corrected chi connectivity index (χ1v) is 14.8. The number of benzene rings is 1. The van der Waals surface area contributed by atoms with Crippen LogP contribution in [0.5, 0.6) is 0 Å². The Morgan fingerprint density at radius 2 is 1.73 bits per heavy atom. The van der Waals surface area contributed by atoms with Crippen molar-refractivity contribution in [2.75, 3.05) is 12.4 Å². The van der Waals surface area contributed by atoms with Gasteiger partial charge in [0, 0.05) is 19.4 Å². The third kappa shape index (κ3) is 8.29. The van der Waals surface area contributed by atoms with Gasteiger partial charge in [0.05, 0.1) is 19.4 Å². The van der Waals surface area contributed by atoms with Crippen molar-refractivity contribution in [2.45, 2.75) is 77.4 Å². The molecule has 0 spiro atoms. The molecule has 45 heavy (non-hydrogen) atoms. The fourth-order valence-corrected chi connectivity index (χ4v) is 5.54. The zero-order valence-electron chi connectivity index (χ0n) is 25.9. The Balaban J connectivity index is 1.65. The molecule has 2 aromatic heterocycles. The topological polar surface area (TPSA) is 161 Å². The molecule has 3 aromatic rings. The minimum Gasteiger partial charge on any atom is -0.469 e. The number of imidazole rings is 1. The molecule has 0 saturated carbocycles. The van der Waals surface area contributed by atoms with Crippen molar-refractivity contribution >= 4 is 40.8 Å². The Bertz CT molecular complexity index is 1510. The molecular formula is C32H39N5O8. The van der Waals surface area contributed by atoms with Crippen LogP contribution in [0.2, 0.25) is 0 Å². The van der Waals surface area contributed by atoms with Crippen molar-refractivity contribution in [2.24, 2.45) is 11.8 Å². The minimum absolute atomic E-state index is 0.0663. The van der Waals surface area contributed by atoms with Crippen molar-refractivity contribution in [1.82, 2.24) is 19.5 Å². The third-order valence-corrected chi connectivity index (χ3v) is 7.75. The smallest absolute Gasteiger partial charge is 0.308 e. The highest BCUT2D eigenvalue weighted by atomic mass is 16.6. The van der Waals surface area contributed by atoms with Gasteiger partial charge in [0.25, 0.3) is 5.91 Å². The lowest BCUT2D eigenvalue weighted by molar-refractivity contribution is -0.165. The maximum Gasteiger partial charge on any atom is 0.308 e. The molecule has 1 N–H and O–H groups in total. The Labute approximate surface area is 261 Å². The van der Waals surface area contributed by atoms with Crippen LogP contribution in [-0.4, -0.2) is 68.8 Å². The predicted molar refractivity (Wildman–Crippen MR) is 163 cm³/mol. The molecule has 1 aliphatic heterocycles. The normalized spacial score (nSPS) is 20.6. The van der Waals surface area contributed by atoms with E-state index in [1.165, 1.54) is 33.6 Å². The fraction of sp³-hybridized carbons (Fsp3) is 0.469. The zero-order chi connectivity index (χ0) is 32.5. The molecule has 13 heteroatoms. The SMILES string of the molecule is C=CCC[C@@H](CC[C@H](C)C(=O)OC)C[C@H]1O[C@@H](n2cnc3c(NC(=O)c4ccccc4)ncnc32)[C@@H](OC(C)=O)C1OC(C)=O. The first kappa shape index (κ1) is 33.2. The lowest BCUT2D eigenvalue weighted by Crippen LogP contribution is -2.39. The molecule has 3 heterocycles. The molecule has 6 atom stereocenters. The fourth-order valence-electron chi connectivity index (χ4n) is 5.54. The summed E-state index contributed by atoms with van der Waals surface area (Å²) in [5, 5.41) is 2.77. The Kier molecular flexibility index (Phi) is 11.4. The molecule has 4 rings (SSSR count). The number of fused-ring (bicyclic) bond motifs is 1. The van der Waals surface area contributed by atoms with Crippen molar-refractivity contribution in [3.8, 4) is 0 Å². The summed E-state index contributed by atoms with van der Waals surface area (Å²) in [6.45, 7) is 8.20. The standard InChI is InChI=1S/C32H39N5O8/c1-6-7-11-22(15-14-19(2)32(41)42-5)16-24-26(43-20(3)38)27(44-21(4)39)31(45-24)37-18-35-25-28(33-17-34-29(25)37)36-30(40)23-12-9-8-10-13-23/h6,8-10,12-13,17-19,22,24,26-27,31H,1,7,11,14-16H2,2-5H3,(H,33,34,36,40)/t19-,22-,24+,26?,27-,31+/m0/s1. The number of hydrogen-bond acceptors (Lipinski definition) is 11. The molecule has 240 valence electrons. The van der Waals surface area contributed by atoms with E-state index in [0.717, 1.165) is 12.8 Å². The van der Waals surface area contributed by atoms with Gasteiger partial charge in [-0.15, -0.1) is 6.58 Å². The molecule has 1 fully saturated rings. The second-order valence-corrected chi connectivity index (χ2v) is 11.0. The van der Waals surface area contributed by atoms with E-state index in [1.54, 1.807) is 28.8 Å². The zero-order valence-corrected chi connectivity index (χ0v) is 25.9. The highest BCUT2D eigenvalue weighted by molar-refractivity contribution is 6.06. The van der Waals surface area contributed by atoms with E-state index in [0.29, 0.717) is 36.0 Å². The van der Waals surface area contributed by atoms with Crippen LogP contribution in [0.1, 0.15) is 69.5 Å². The van der Waals surface area contributed by atoms with Crippen LogP contribution in [-0.2, 0) is 33.3 Å². The van der Waals surface area contributed by atoms with E-state index in [2.05, 4.69) is 26.8 Å². The number of carbonyl (C=O) groups is 4. The maximum atomic E-state index is 12.8. The molecule has 1 saturated heterocycles. The molecule has 0 bridgehead atoms. The number of anilines is 1. The molecule has 1 unspecified atom stereocenters. The quantitative estimate of drug-likeness (QED) is 0.154. The second kappa shape index (κ2) is 15.4. The summed E-state index contributed by atoms with van der Waals surface area (Å²) >= 11 is 0. The largest absolute Gasteiger partial charge is 0.469 e. The Hall–Kier alpha value is -4.65. The number of methoxy groups -OCH3 is 1. The van der Waals surface area contributed by atoms with Gasteiger partial charge in [0.15, 0.2) is 35.4 Å². The molecule has 0 radical (unpaired) electrons. The highest BCUT2D eigenvalue weighted by Crippen LogP contribution is 2.40. The van der Waals surface area contributed by atoms with Crippen molar-refractivity contribution < 1.29 is 38.1 Å². The van der Waals surface area contributed by atoms with E-state index >= 15 is 0 Å². The number of hydrogen-bond donors (Lipinski definition) is 1. The van der Waals surface area contributed by atoms with E-state index in [4.69, 9.17) is 18.9 Å². The Morgan fingerprint density at radius 1 is 1.02 bits per heavy atom. The average molecular weight is 622 g/mol. The molecule has 13 nitrogen and oxygen atoms in total. The van der Waals surface area contributed by atoms with Gasteiger partial charge in [0.1, 0.15) is 12.4 Å². The molecule has 1 amide bonds. The summed E-state index contributed by atoms with van der Waals surface area (Å²) in [4.78, 5) is 62.5. The first-order chi connectivity index (χ1) is 21.6. The van der Waals surface area contributed by atoms with Crippen LogP contribution in [0.3, 0.4) is 0 Å². The van der Waals surface area contributed by atoms with Crippen LogP contribution >= 0.6 is 0 Å². The van der Waals surface area contributed by atoms with Gasteiger partial charge in [-0.3, -0.25) is 23.7 Å². The third-order valence-electron chi connectivity index (χ3n) is 7.75. The van der Waals surface area contributed by atoms with E-state index in [1.807, 2.05) is 19.1 Å². The minimum atomic E-state index is -1.03. The van der Waals surface area contributed by atoms with E-state index in [-0.39, 0.29) is 29.5 Å². The number of allylic oxidation sites excluding steroid dienone is 1. The van der Waals surface area contributed by atoms with Gasteiger partial charge in [-0.2, -0.15) is 0 Å². The maximum absolute atomic E-state index is 12.8. The molecule has 1 aromatic carbocycles. The van der Waals surface area contributed by atoms with Crippen molar-refractivity contribution in [3.05, 3.63) is 61.2 Å². The van der Waals surface area contributed by atoms with E-state index in [9.17, 15) is 19.2 Å². The number of aromatic nitrogens is 4. The van der Waals surface area contributed by atoms with Gasteiger partial charge in [-0.25, -0.2) is 15.0 Å². The number of nitrogens with one attached hydrogen (secondary N) is 1. The van der Waals surface area contributed by atoms with Crippen LogP contribution in [0.25, 0.3) is 11.2 Å². The second-order valence-electron chi connectivity index (χ2n) is 11.0. The van der Waals surface area contributed by atoms with Crippen LogP contribution < -0.4 is 5.32 Å².